The molecule has 4 aromatic rings. The van der Waals surface area contributed by atoms with Crippen molar-refractivity contribution in [3.8, 4) is 16.9 Å². The van der Waals surface area contributed by atoms with E-state index in [0.717, 1.165) is 40.1 Å². The summed E-state index contributed by atoms with van der Waals surface area (Å²) < 4.78 is 1.84. The molecule has 5 rings (SSSR count). The molecule has 0 radical (unpaired) electrons. The van der Waals surface area contributed by atoms with E-state index in [9.17, 15) is 9.59 Å². The van der Waals surface area contributed by atoms with E-state index < -0.39 is 0 Å². The summed E-state index contributed by atoms with van der Waals surface area (Å²) in [6.45, 7) is 4.58. The van der Waals surface area contributed by atoms with E-state index in [4.69, 9.17) is 5.10 Å². The van der Waals surface area contributed by atoms with Crippen LogP contribution in [-0.2, 0) is 9.59 Å². The monoisotopic (exact) mass is 516 g/mol. The van der Waals surface area contributed by atoms with Gasteiger partial charge in [0.1, 0.15) is 12.4 Å². The van der Waals surface area contributed by atoms with E-state index in [0.29, 0.717) is 12.4 Å². The first kappa shape index (κ1) is 24.3. The lowest BCUT2D eigenvalue weighted by molar-refractivity contribution is -0.122. The van der Waals surface area contributed by atoms with Crippen molar-refractivity contribution in [1.29, 1.82) is 0 Å². The summed E-state index contributed by atoms with van der Waals surface area (Å²) in [6.07, 6.45) is 0.834. The lowest BCUT2D eigenvalue weighted by Gasteiger charge is -2.23. The normalized spacial score (nSPS) is 15.4. The minimum absolute atomic E-state index is 0.0471. The van der Waals surface area contributed by atoms with Crippen LogP contribution in [-0.4, -0.2) is 40.4 Å². The molecule has 0 spiro atoms. The maximum Gasteiger partial charge on any atom is 0.240 e. The first-order valence-electron chi connectivity index (χ1n) is 12.0. The summed E-state index contributed by atoms with van der Waals surface area (Å²) in [6, 6.07) is 20.3. The summed E-state index contributed by atoms with van der Waals surface area (Å²) in [4.78, 5) is 28.1. The minimum atomic E-state index is -0.173. The van der Waals surface area contributed by atoms with E-state index in [1.807, 2.05) is 73.1 Å². The zero-order valence-corrected chi connectivity index (χ0v) is 21.9. The van der Waals surface area contributed by atoms with Crippen LogP contribution in [0.5, 0.6) is 0 Å². The van der Waals surface area contributed by atoms with Crippen LogP contribution in [0.4, 0.5) is 5.82 Å². The van der Waals surface area contributed by atoms with Crippen molar-refractivity contribution in [2.45, 2.75) is 25.5 Å². The predicted octanol–water partition coefficient (Wildman–Crippen LogP) is 5.60. The number of hydrogen-bond acceptors (Lipinski definition) is 5. The Morgan fingerprint density at radius 2 is 1.89 bits per heavy atom. The smallest absolute Gasteiger partial charge is 0.240 e. The molecule has 0 saturated heterocycles. The lowest BCUT2D eigenvalue weighted by Crippen LogP contribution is -2.42. The van der Waals surface area contributed by atoms with Gasteiger partial charge < -0.3 is 5.32 Å². The fourth-order valence-corrected chi connectivity index (χ4v) is 6.31. The Morgan fingerprint density at radius 1 is 1.11 bits per heavy atom. The summed E-state index contributed by atoms with van der Waals surface area (Å²) in [7, 11) is 0. The number of fused-ring (bicyclic) bond motifs is 1. The van der Waals surface area contributed by atoms with Gasteiger partial charge >= 0.3 is 0 Å². The van der Waals surface area contributed by atoms with Crippen LogP contribution in [0.15, 0.2) is 71.4 Å². The Morgan fingerprint density at radius 3 is 2.58 bits per heavy atom. The lowest BCUT2D eigenvalue weighted by atomic mass is 10.0. The minimum Gasteiger partial charge on any atom is -0.355 e. The fourth-order valence-electron chi connectivity index (χ4n) is 4.35. The Bertz CT molecular complexity index is 1350. The number of rotatable bonds is 7. The highest BCUT2D eigenvalue weighted by molar-refractivity contribution is 8.00. The van der Waals surface area contributed by atoms with Gasteiger partial charge in [0.15, 0.2) is 0 Å². The van der Waals surface area contributed by atoms with Gasteiger partial charge in [-0.3, -0.25) is 14.5 Å². The van der Waals surface area contributed by atoms with E-state index in [2.05, 4.69) is 22.1 Å². The highest BCUT2D eigenvalue weighted by Crippen LogP contribution is 2.48. The third kappa shape index (κ3) is 4.83. The Hall–Kier alpha value is -3.36. The van der Waals surface area contributed by atoms with E-state index in [1.54, 1.807) is 28.0 Å². The molecule has 0 fully saturated rings. The number of hydrogen-bond donors (Lipinski definition) is 1. The molecule has 3 heterocycles. The van der Waals surface area contributed by atoms with Crippen LogP contribution in [0.25, 0.3) is 16.9 Å². The molecular formula is C28H28N4O2S2. The molecule has 184 valence electrons. The van der Waals surface area contributed by atoms with Gasteiger partial charge in [-0.1, -0.05) is 55.0 Å². The largest absolute Gasteiger partial charge is 0.355 e. The predicted molar refractivity (Wildman–Crippen MR) is 148 cm³/mol. The number of aromatic nitrogens is 2. The van der Waals surface area contributed by atoms with E-state index in [-0.39, 0.29) is 29.4 Å². The average molecular weight is 517 g/mol. The van der Waals surface area contributed by atoms with Gasteiger partial charge in [-0.05, 0) is 47.9 Å². The van der Waals surface area contributed by atoms with E-state index in [1.165, 1.54) is 0 Å². The van der Waals surface area contributed by atoms with Gasteiger partial charge in [0.2, 0.25) is 11.8 Å². The molecule has 8 heteroatoms. The second-order valence-corrected chi connectivity index (χ2v) is 10.7. The standard InChI is InChI=1S/C28H28N4O2S2/c1-3-14-29-23(33)16-31-24(34)18-36-27(21-13-15-35-17-21)25-26(20-7-5-4-6-8-20)30-32(28(25)31)22-11-9-19(2)10-12-22/h4-13,15,17,27H,3,14,16,18H2,1-2H3,(H,29,33). The number of carbonyl (C=O) groups is 2. The molecule has 1 unspecified atom stereocenters. The Labute approximate surface area is 219 Å². The number of nitrogens with one attached hydrogen (secondary N) is 1. The maximum atomic E-state index is 13.6. The Balaban J connectivity index is 1.76. The molecule has 1 aliphatic rings. The Kier molecular flexibility index (Phi) is 7.25. The van der Waals surface area contributed by atoms with Crippen molar-refractivity contribution < 1.29 is 9.59 Å². The molecule has 6 nitrogen and oxygen atoms in total. The van der Waals surface area contributed by atoms with Crippen molar-refractivity contribution in [3.63, 3.8) is 0 Å². The highest BCUT2D eigenvalue weighted by atomic mass is 32.2. The first-order chi connectivity index (χ1) is 17.6. The SMILES string of the molecule is CCCNC(=O)CN1C(=O)CSC(c2ccsc2)c2c(-c3ccccc3)nn(-c3ccc(C)cc3)c21. The third-order valence-corrected chi connectivity index (χ3v) is 8.09. The quantitative estimate of drug-likeness (QED) is 0.347. The summed E-state index contributed by atoms with van der Waals surface area (Å²) in [5.74, 6) is 0.667. The van der Waals surface area contributed by atoms with Gasteiger partial charge in [0, 0.05) is 17.7 Å². The molecule has 1 aliphatic heterocycles. The van der Waals surface area contributed by atoms with Gasteiger partial charge in [-0.25, -0.2) is 4.68 Å². The summed E-state index contributed by atoms with van der Waals surface area (Å²) in [5, 5.41) is 12.1. The molecular weight excluding hydrogens is 488 g/mol. The van der Waals surface area contributed by atoms with Crippen LogP contribution in [0, 0.1) is 6.92 Å². The van der Waals surface area contributed by atoms with Gasteiger partial charge in [-0.2, -0.15) is 16.4 Å². The second-order valence-electron chi connectivity index (χ2n) is 8.78. The highest BCUT2D eigenvalue weighted by Gasteiger charge is 2.37. The average Bonchev–Trinajstić information content (AvgIpc) is 3.54. The number of amides is 2. The van der Waals surface area contributed by atoms with E-state index >= 15 is 0 Å². The maximum absolute atomic E-state index is 13.6. The molecule has 1 N–H and O–H groups in total. The van der Waals surface area contributed by atoms with Gasteiger partial charge in [-0.15, -0.1) is 11.8 Å². The third-order valence-electron chi connectivity index (χ3n) is 6.13. The zero-order chi connectivity index (χ0) is 25.1. The number of nitrogens with zero attached hydrogens (tertiary/aromatic N) is 3. The van der Waals surface area contributed by atoms with Crippen LogP contribution in [0.1, 0.15) is 35.3 Å². The van der Waals surface area contributed by atoms with Crippen LogP contribution < -0.4 is 10.2 Å². The number of thioether (sulfide) groups is 1. The van der Waals surface area contributed by atoms with Crippen LogP contribution in [0.3, 0.4) is 0 Å². The second kappa shape index (κ2) is 10.7. The van der Waals surface area contributed by atoms with Crippen molar-refractivity contribution in [2.24, 2.45) is 0 Å². The molecule has 2 amide bonds. The van der Waals surface area contributed by atoms with Crippen molar-refractivity contribution in [1.82, 2.24) is 15.1 Å². The number of carbonyl (C=O) groups excluding carboxylic acids is 2. The topological polar surface area (TPSA) is 67.2 Å². The first-order valence-corrected chi connectivity index (χ1v) is 14.0. The van der Waals surface area contributed by atoms with Crippen molar-refractivity contribution in [2.75, 3.05) is 23.7 Å². The number of thiophene rings is 1. The number of aryl methyl sites for hydroxylation is 1. The van der Waals surface area contributed by atoms with Crippen LogP contribution >= 0.6 is 23.1 Å². The number of benzene rings is 2. The van der Waals surface area contributed by atoms with Crippen molar-refractivity contribution >= 4 is 40.7 Å². The van der Waals surface area contributed by atoms with Crippen LogP contribution in [0.2, 0.25) is 0 Å². The van der Waals surface area contributed by atoms with Crippen molar-refractivity contribution in [3.05, 3.63) is 88.1 Å². The molecule has 2 aromatic heterocycles. The molecule has 1 atom stereocenters. The zero-order valence-electron chi connectivity index (χ0n) is 20.3. The van der Waals surface area contributed by atoms with Gasteiger partial charge in [0.25, 0.3) is 0 Å². The fraction of sp³-hybridized carbons (Fsp3) is 0.250. The summed E-state index contributed by atoms with van der Waals surface area (Å²) >= 11 is 3.23. The van der Waals surface area contributed by atoms with Gasteiger partial charge in [0.05, 0.1) is 22.4 Å². The molecule has 0 aliphatic carbocycles. The number of anilines is 1. The summed E-state index contributed by atoms with van der Waals surface area (Å²) in [5.41, 5.74) is 5.88. The molecule has 0 saturated carbocycles. The molecule has 0 bridgehead atoms. The molecule has 36 heavy (non-hydrogen) atoms. The molecule has 2 aromatic carbocycles.